The van der Waals surface area contributed by atoms with Crippen molar-refractivity contribution in [3.8, 4) is 17.0 Å². The van der Waals surface area contributed by atoms with Crippen LogP contribution in [0.25, 0.3) is 17.0 Å². The van der Waals surface area contributed by atoms with Gasteiger partial charge in [-0.25, -0.2) is 9.97 Å². The Morgan fingerprint density at radius 1 is 1.18 bits per heavy atom. The SMILES string of the molecule is COc1ccc(-c2cn3cccnc3n2)cc1NC(=O)c1ccc(Cl)cc1Cl. The molecule has 6 nitrogen and oxygen atoms in total. The number of ether oxygens (including phenoxy) is 1. The molecule has 4 aromatic rings. The Morgan fingerprint density at radius 3 is 2.79 bits per heavy atom. The molecule has 0 saturated heterocycles. The topological polar surface area (TPSA) is 68.5 Å². The Labute approximate surface area is 170 Å². The molecule has 28 heavy (non-hydrogen) atoms. The maximum absolute atomic E-state index is 12.7. The van der Waals surface area contributed by atoms with Gasteiger partial charge in [0.05, 0.1) is 29.1 Å². The maximum Gasteiger partial charge on any atom is 0.257 e. The first-order valence-electron chi connectivity index (χ1n) is 8.29. The number of rotatable bonds is 4. The van der Waals surface area contributed by atoms with Crippen LogP contribution < -0.4 is 10.1 Å². The Kier molecular flexibility index (Phi) is 4.90. The highest BCUT2D eigenvalue weighted by Gasteiger charge is 2.15. The van der Waals surface area contributed by atoms with E-state index >= 15 is 0 Å². The van der Waals surface area contributed by atoms with Gasteiger partial charge in [0.1, 0.15) is 5.75 Å². The fourth-order valence-electron chi connectivity index (χ4n) is 2.80. The zero-order chi connectivity index (χ0) is 19.7. The maximum atomic E-state index is 12.7. The van der Waals surface area contributed by atoms with Crippen LogP contribution in [-0.2, 0) is 0 Å². The normalized spacial score (nSPS) is 10.8. The van der Waals surface area contributed by atoms with Gasteiger partial charge in [0.25, 0.3) is 5.91 Å². The molecule has 0 unspecified atom stereocenters. The largest absolute Gasteiger partial charge is 0.495 e. The third-order valence-corrected chi connectivity index (χ3v) is 4.70. The summed E-state index contributed by atoms with van der Waals surface area (Å²) in [7, 11) is 1.54. The number of methoxy groups -OCH3 is 1. The van der Waals surface area contributed by atoms with Gasteiger partial charge in [-0.15, -0.1) is 0 Å². The smallest absolute Gasteiger partial charge is 0.257 e. The van der Waals surface area contributed by atoms with E-state index in [2.05, 4.69) is 15.3 Å². The third kappa shape index (κ3) is 3.52. The summed E-state index contributed by atoms with van der Waals surface area (Å²) in [5, 5.41) is 3.57. The summed E-state index contributed by atoms with van der Waals surface area (Å²) in [5.74, 6) is 0.740. The number of hydrogen-bond donors (Lipinski definition) is 1. The molecule has 2 heterocycles. The molecule has 140 valence electrons. The van der Waals surface area contributed by atoms with Crippen LogP contribution in [0.5, 0.6) is 5.75 Å². The Morgan fingerprint density at radius 2 is 2.04 bits per heavy atom. The number of benzene rings is 2. The number of carbonyl (C=O) groups is 1. The molecular weight excluding hydrogens is 399 g/mol. The van der Waals surface area contributed by atoms with Crippen molar-refractivity contribution in [2.24, 2.45) is 0 Å². The van der Waals surface area contributed by atoms with Gasteiger partial charge in [-0.05, 0) is 42.5 Å². The van der Waals surface area contributed by atoms with Crippen molar-refractivity contribution in [3.63, 3.8) is 0 Å². The molecule has 0 saturated carbocycles. The minimum Gasteiger partial charge on any atom is -0.495 e. The summed E-state index contributed by atoms with van der Waals surface area (Å²) in [6.45, 7) is 0. The van der Waals surface area contributed by atoms with Crippen LogP contribution in [0.3, 0.4) is 0 Å². The molecule has 2 aromatic heterocycles. The van der Waals surface area contributed by atoms with Gasteiger partial charge in [0, 0.05) is 29.2 Å². The second-order valence-corrected chi connectivity index (χ2v) is 6.79. The minimum atomic E-state index is -0.367. The Balaban J connectivity index is 1.69. The van der Waals surface area contributed by atoms with Crippen molar-refractivity contribution in [3.05, 3.63) is 76.7 Å². The average Bonchev–Trinajstić information content (AvgIpc) is 3.12. The van der Waals surface area contributed by atoms with Crippen molar-refractivity contribution in [1.29, 1.82) is 0 Å². The summed E-state index contributed by atoms with van der Waals surface area (Å²) >= 11 is 12.0. The number of fused-ring (bicyclic) bond motifs is 1. The lowest BCUT2D eigenvalue weighted by Crippen LogP contribution is -2.13. The van der Waals surface area contributed by atoms with E-state index in [9.17, 15) is 4.79 Å². The van der Waals surface area contributed by atoms with Crippen molar-refractivity contribution in [2.75, 3.05) is 12.4 Å². The molecule has 0 aliphatic carbocycles. The molecule has 1 amide bonds. The molecule has 0 aliphatic heterocycles. The van der Waals surface area contributed by atoms with Crippen molar-refractivity contribution in [1.82, 2.24) is 14.4 Å². The van der Waals surface area contributed by atoms with Crippen LogP contribution in [0.2, 0.25) is 10.0 Å². The van der Waals surface area contributed by atoms with Crippen LogP contribution in [0.4, 0.5) is 5.69 Å². The highest BCUT2D eigenvalue weighted by molar-refractivity contribution is 6.37. The molecule has 8 heteroatoms. The van der Waals surface area contributed by atoms with Crippen molar-refractivity contribution < 1.29 is 9.53 Å². The first-order valence-corrected chi connectivity index (χ1v) is 9.05. The average molecular weight is 413 g/mol. The lowest BCUT2D eigenvalue weighted by atomic mass is 10.1. The molecule has 2 aromatic carbocycles. The Bertz CT molecular complexity index is 1160. The molecule has 0 bridgehead atoms. The minimum absolute atomic E-state index is 0.270. The first kappa shape index (κ1) is 18.3. The fourth-order valence-corrected chi connectivity index (χ4v) is 3.29. The van der Waals surface area contributed by atoms with Gasteiger partial charge in [0.2, 0.25) is 5.78 Å². The highest BCUT2D eigenvalue weighted by Crippen LogP contribution is 2.31. The van der Waals surface area contributed by atoms with Gasteiger partial charge in [-0.1, -0.05) is 23.2 Å². The van der Waals surface area contributed by atoms with Crippen LogP contribution in [0.1, 0.15) is 10.4 Å². The van der Waals surface area contributed by atoms with Crippen LogP contribution >= 0.6 is 23.2 Å². The number of hydrogen-bond acceptors (Lipinski definition) is 4. The zero-order valence-corrected chi connectivity index (χ0v) is 16.2. The summed E-state index contributed by atoms with van der Waals surface area (Å²) in [5.41, 5.74) is 2.35. The number of aromatic nitrogens is 3. The van der Waals surface area contributed by atoms with E-state index in [4.69, 9.17) is 27.9 Å². The number of nitrogens with one attached hydrogen (secondary N) is 1. The number of nitrogens with zero attached hydrogens (tertiary/aromatic N) is 3. The first-order chi connectivity index (χ1) is 13.5. The molecule has 0 atom stereocenters. The highest BCUT2D eigenvalue weighted by atomic mass is 35.5. The van der Waals surface area contributed by atoms with Gasteiger partial charge in [-0.2, -0.15) is 0 Å². The Hall–Kier alpha value is -3.09. The lowest BCUT2D eigenvalue weighted by molar-refractivity contribution is 0.102. The van der Waals surface area contributed by atoms with E-state index in [1.807, 2.05) is 28.9 Å². The number of halogens is 2. The number of amides is 1. The molecule has 1 N–H and O–H groups in total. The summed E-state index contributed by atoms with van der Waals surface area (Å²) in [4.78, 5) is 21.4. The molecule has 0 spiro atoms. The van der Waals surface area contributed by atoms with Crippen LogP contribution in [-0.4, -0.2) is 27.4 Å². The fraction of sp³-hybridized carbons (Fsp3) is 0.0500. The zero-order valence-electron chi connectivity index (χ0n) is 14.7. The predicted molar refractivity (Wildman–Crippen MR) is 109 cm³/mol. The van der Waals surface area contributed by atoms with Gasteiger partial charge < -0.3 is 10.1 Å². The van der Waals surface area contributed by atoms with E-state index in [-0.39, 0.29) is 10.9 Å². The molecule has 4 rings (SSSR count). The number of carbonyl (C=O) groups excluding carboxylic acids is 1. The summed E-state index contributed by atoms with van der Waals surface area (Å²) in [6.07, 6.45) is 5.42. The molecule has 0 fully saturated rings. The van der Waals surface area contributed by atoms with E-state index in [1.54, 1.807) is 30.5 Å². The molecular formula is C20H14Cl2N4O2. The van der Waals surface area contributed by atoms with E-state index < -0.39 is 0 Å². The van der Waals surface area contributed by atoms with Crippen molar-refractivity contribution >= 4 is 40.6 Å². The quantitative estimate of drug-likeness (QED) is 0.513. The van der Waals surface area contributed by atoms with Crippen LogP contribution in [0.15, 0.2) is 61.1 Å². The van der Waals surface area contributed by atoms with Gasteiger partial charge in [-0.3, -0.25) is 9.20 Å². The third-order valence-electron chi connectivity index (χ3n) is 4.15. The molecule has 0 aliphatic rings. The van der Waals surface area contributed by atoms with Gasteiger partial charge in [0.15, 0.2) is 0 Å². The van der Waals surface area contributed by atoms with E-state index in [0.717, 1.165) is 11.3 Å². The predicted octanol–water partition coefficient (Wildman–Crippen LogP) is 4.96. The second kappa shape index (κ2) is 7.50. The van der Waals surface area contributed by atoms with E-state index in [1.165, 1.54) is 13.2 Å². The number of imidazole rings is 1. The van der Waals surface area contributed by atoms with Crippen molar-refractivity contribution in [2.45, 2.75) is 0 Å². The van der Waals surface area contributed by atoms with E-state index in [0.29, 0.717) is 27.8 Å². The second-order valence-electron chi connectivity index (χ2n) is 5.95. The number of anilines is 1. The van der Waals surface area contributed by atoms with Crippen LogP contribution in [0, 0.1) is 0 Å². The standard InChI is InChI=1S/C20H14Cl2N4O2/c1-28-18-6-3-12(17-11-26-8-2-7-23-20(26)25-17)9-16(18)24-19(27)14-5-4-13(21)10-15(14)22/h2-11H,1H3,(H,24,27). The van der Waals surface area contributed by atoms with Gasteiger partial charge >= 0.3 is 0 Å². The monoisotopic (exact) mass is 412 g/mol. The summed E-state index contributed by atoms with van der Waals surface area (Å²) < 4.78 is 7.20. The molecule has 0 radical (unpaired) electrons. The summed E-state index contributed by atoms with van der Waals surface area (Å²) in [6, 6.07) is 12.0. The lowest BCUT2D eigenvalue weighted by Gasteiger charge is -2.12.